The molecule has 0 N–H and O–H groups in total. The third-order valence-corrected chi connectivity index (χ3v) is 4.74. The van der Waals surface area contributed by atoms with Gasteiger partial charge in [0.1, 0.15) is 5.52 Å². The minimum atomic E-state index is 0.690. The SMILES string of the molecule is CN(C)CCCc1cnc2nc(-c3ccccc3)c(-c3ccccc3)nc2c1. The molecule has 0 bridgehead atoms. The van der Waals surface area contributed by atoms with E-state index in [1.807, 2.05) is 42.6 Å². The predicted molar refractivity (Wildman–Crippen MR) is 115 cm³/mol. The van der Waals surface area contributed by atoms with Crippen LogP contribution in [0.5, 0.6) is 0 Å². The Labute approximate surface area is 165 Å². The number of fused-ring (bicyclic) bond motifs is 1. The molecule has 0 saturated carbocycles. The number of hydrogen-bond acceptors (Lipinski definition) is 4. The number of aryl methyl sites for hydroxylation is 1. The van der Waals surface area contributed by atoms with Gasteiger partial charge >= 0.3 is 0 Å². The van der Waals surface area contributed by atoms with Gasteiger partial charge in [-0.15, -0.1) is 0 Å². The summed E-state index contributed by atoms with van der Waals surface area (Å²) in [6, 6.07) is 22.6. The van der Waals surface area contributed by atoms with Gasteiger partial charge in [0.25, 0.3) is 0 Å². The molecule has 4 nitrogen and oxygen atoms in total. The fraction of sp³-hybridized carbons (Fsp3) is 0.208. The fourth-order valence-electron chi connectivity index (χ4n) is 3.32. The molecule has 0 saturated heterocycles. The zero-order valence-corrected chi connectivity index (χ0v) is 16.3. The van der Waals surface area contributed by atoms with E-state index in [0.29, 0.717) is 5.65 Å². The first-order chi connectivity index (χ1) is 13.7. The molecule has 0 aliphatic carbocycles. The lowest BCUT2D eigenvalue weighted by Gasteiger charge is -2.11. The van der Waals surface area contributed by atoms with Crippen LogP contribution in [0.2, 0.25) is 0 Å². The average molecular weight is 368 g/mol. The van der Waals surface area contributed by atoms with Crippen LogP contribution in [0.1, 0.15) is 12.0 Å². The topological polar surface area (TPSA) is 41.9 Å². The number of pyridine rings is 1. The van der Waals surface area contributed by atoms with Gasteiger partial charge in [0, 0.05) is 17.3 Å². The Morgan fingerprint density at radius 1 is 0.786 bits per heavy atom. The molecule has 0 amide bonds. The van der Waals surface area contributed by atoms with Crippen molar-refractivity contribution < 1.29 is 0 Å². The molecular formula is C24H24N4. The minimum absolute atomic E-state index is 0.690. The first-order valence-electron chi connectivity index (χ1n) is 9.63. The highest BCUT2D eigenvalue weighted by Crippen LogP contribution is 2.30. The summed E-state index contributed by atoms with van der Waals surface area (Å²) in [5.74, 6) is 0. The van der Waals surface area contributed by atoms with Crippen molar-refractivity contribution in [3.05, 3.63) is 78.5 Å². The van der Waals surface area contributed by atoms with Crippen molar-refractivity contribution in [2.45, 2.75) is 12.8 Å². The fourth-order valence-corrected chi connectivity index (χ4v) is 3.32. The zero-order valence-electron chi connectivity index (χ0n) is 16.3. The Hall–Kier alpha value is -3.11. The molecule has 4 rings (SSSR count). The van der Waals surface area contributed by atoms with Gasteiger partial charge in [0.2, 0.25) is 0 Å². The average Bonchev–Trinajstić information content (AvgIpc) is 2.74. The molecule has 0 atom stereocenters. The maximum Gasteiger partial charge on any atom is 0.178 e. The second-order valence-electron chi connectivity index (χ2n) is 7.25. The van der Waals surface area contributed by atoms with Crippen LogP contribution in [0, 0.1) is 0 Å². The van der Waals surface area contributed by atoms with Crippen LogP contribution in [-0.2, 0) is 6.42 Å². The molecule has 140 valence electrons. The summed E-state index contributed by atoms with van der Waals surface area (Å²) in [5, 5.41) is 0. The Balaban J connectivity index is 1.80. The largest absolute Gasteiger partial charge is 0.309 e. The monoisotopic (exact) mass is 368 g/mol. The zero-order chi connectivity index (χ0) is 19.3. The van der Waals surface area contributed by atoms with Crippen molar-refractivity contribution in [3.63, 3.8) is 0 Å². The lowest BCUT2D eigenvalue weighted by atomic mass is 10.0. The van der Waals surface area contributed by atoms with Crippen LogP contribution in [0.4, 0.5) is 0 Å². The van der Waals surface area contributed by atoms with Crippen LogP contribution < -0.4 is 0 Å². The Bertz CT molecular complexity index is 1060. The molecule has 2 aromatic heterocycles. The summed E-state index contributed by atoms with van der Waals surface area (Å²) < 4.78 is 0. The first kappa shape index (κ1) is 18.3. The van der Waals surface area contributed by atoms with Gasteiger partial charge in [0.15, 0.2) is 5.65 Å². The minimum Gasteiger partial charge on any atom is -0.309 e. The van der Waals surface area contributed by atoms with Crippen molar-refractivity contribution in [1.29, 1.82) is 0 Å². The smallest absolute Gasteiger partial charge is 0.178 e. The van der Waals surface area contributed by atoms with Gasteiger partial charge in [-0.25, -0.2) is 15.0 Å². The van der Waals surface area contributed by atoms with E-state index in [1.165, 1.54) is 5.56 Å². The lowest BCUT2D eigenvalue weighted by Crippen LogP contribution is -2.13. The number of aromatic nitrogens is 3. The van der Waals surface area contributed by atoms with E-state index in [9.17, 15) is 0 Å². The summed E-state index contributed by atoms with van der Waals surface area (Å²) >= 11 is 0. The normalized spacial score (nSPS) is 11.2. The molecule has 4 aromatic rings. The van der Waals surface area contributed by atoms with Crippen LogP contribution in [0.3, 0.4) is 0 Å². The molecule has 0 fully saturated rings. The molecule has 4 heteroatoms. The number of hydrogen-bond donors (Lipinski definition) is 0. The van der Waals surface area contributed by atoms with Gasteiger partial charge in [0.05, 0.1) is 11.4 Å². The van der Waals surface area contributed by atoms with E-state index in [-0.39, 0.29) is 0 Å². The number of rotatable bonds is 6. The summed E-state index contributed by atoms with van der Waals surface area (Å²) in [6.45, 7) is 1.06. The van der Waals surface area contributed by atoms with Crippen molar-refractivity contribution in [1.82, 2.24) is 19.9 Å². The van der Waals surface area contributed by atoms with Crippen molar-refractivity contribution in [2.75, 3.05) is 20.6 Å². The van der Waals surface area contributed by atoms with Gasteiger partial charge in [-0.3, -0.25) is 0 Å². The van der Waals surface area contributed by atoms with E-state index in [1.54, 1.807) is 0 Å². The molecule has 2 heterocycles. The maximum absolute atomic E-state index is 4.99. The quantitative estimate of drug-likeness (QED) is 0.488. The van der Waals surface area contributed by atoms with E-state index in [0.717, 1.165) is 47.4 Å². The third-order valence-electron chi connectivity index (χ3n) is 4.74. The van der Waals surface area contributed by atoms with Crippen molar-refractivity contribution in [2.24, 2.45) is 0 Å². The van der Waals surface area contributed by atoms with Crippen LogP contribution >= 0.6 is 0 Å². The maximum atomic E-state index is 4.99. The van der Waals surface area contributed by atoms with Crippen LogP contribution in [0.15, 0.2) is 72.9 Å². The molecule has 0 radical (unpaired) electrons. The van der Waals surface area contributed by atoms with Crippen molar-refractivity contribution in [3.8, 4) is 22.5 Å². The van der Waals surface area contributed by atoms with Gasteiger partial charge in [-0.05, 0) is 45.1 Å². The molecule has 0 aliphatic heterocycles. The second-order valence-corrected chi connectivity index (χ2v) is 7.25. The van der Waals surface area contributed by atoms with Gasteiger partial charge in [-0.1, -0.05) is 60.7 Å². The summed E-state index contributed by atoms with van der Waals surface area (Å²) in [4.78, 5) is 16.7. The molecule has 0 aliphatic rings. The molecule has 0 spiro atoms. The second kappa shape index (κ2) is 8.28. The molecule has 0 unspecified atom stereocenters. The summed E-state index contributed by atoms with van der Waals surface area (Å²) in [7, 11) is 4.20. The van der Waals surface area contributed by atoms with Crippen LogP contribution in [0.25, 0.3) is 33.7 Å². The third kappa shape index (κ3) is 4.07. The lowest BCUT2D eigenvalue weighted by molar-refractivity contribution is 0.400. The highest BCUT2D eigenvalue weighted by atomic mass is 15.0. The highest BCUT2D eigenvalue weighted by Gasteiger charge is 2.14. The Kier molecular flexibility index (Phi) is 5.40. The Morgan fingerprint density at radius 2 is 1.39 bits per heavy atom. The van der Waals surface area contributed by atoms with Gasteiger partial charge < -0.3 is 4.90 Å². The van der Waals surface area contributed by atoms with Crippen molar-refractivity contribution >= 4 is 11.2 Å². The van der Waals surface area contributed by atoms with Crippen LogP contribution in [-0.4, -0.2) is 40.5 Å². The summed E-state index contributed by atoms with van der Waals surface area (Å²) in [5.41, 5.74) is 6.62. The molecule has 28 heavy (non-hydrogen) atoms. The van der Waals surface area contributed by atoms with E-state index >= 15 is 0 Å². The number of nitrogens with zero attached hydrogens (tertiary/aromatic N) is 4. The number of benzene rings is 2. The summed E-state index contributed by atoms with van der Waals surface area (Å²) in [6.07, 6.45) is 4.02. The highest BCUT2D eigenvalue weighted by molar-refractivity contribution is 5.84. The molecule has 2 aromatic carbocycles. The van der Waals surface area contributed by atoms with E-state index < -0.39 is 0 Å². The van der Waals surface area contributed by atoms with E-state index in [2.05, 4.69) is 54.3 Å². The van der Waals surface area contributed by atoms with Gasteiger partial charge in [-0.2, -0.15) is 0 Å². The van der Waals surface area contributed by atoms with E-state index in [4.69, 9.17) is 9.97 Å². The first-order valence-corrected chi connectivity index (χ1v) is 9.63. The standard InChI is InChI=1S/C24H24N4/c1-28(2)15-9-10-18-16-21-24(25-17-18)27-23(20-13-7-4-8-14-20)22(26-21)19-11-5-3-6-12-19/h3-8,11-14,16-17H,9-10,15H2,1-2H3. The molecular weight excluding hydrogens is 344 g/mol. The Morgan fingerprint density at radius 3 is 2.00 bits per heavy atom. The predicted octanol–water partition coefficient (Wildman–Crippen LogP) is 4.85.